The average molecular weight is 446 g/mol. The summed E-state index contributed by atoms with van der Waals surface area (Å²) in [5.74, 6) is 0.584. The van der Waals surface area contributed by atoms with Gasteiger partial charge in [0.25, 0.3) is 0 Å². The van der Waals surface area contributed by atoms with Gasteiger partial charge in [-0.05, 0) is 31.5 Å². The van der Waals surface area contributed by atoms with Crippen LogP contribution in [0.25, 0.3) is 22.2 Å². The van der Waals surface area contributed by atoms with Crippen LogP contribution in [0.4, 0.5) is 0 Å². The van der Waals surface area contributed by atoms with Crippen LogP contribution < -0.4 is 5.32 Å². The van der Waals surface area contributed by atoms with Gasteiger partial charge in [-0.2, -0.15) is 0 Å². The number of hydrogen-bond donors (Lipinski definition) is 2. The molecule has 0 fully saturated rings. The van der Waals surface area contributed by atoms with Gasteiger partial charge >= 0.3 is 0 Å². The van der Waals surface area contributed by atoms with Crippen LogP contribution in [0.2, 0.25) is 0 Å². The molecule has 1 aromatic carbocycles. The molecule has 0 saturated heterocycles. The monoisotopic (exact) mass is 445 g/mol. The van der Waals surface area contributed by atoms with E-state index in [1.807, 2.05) is 33.2 Å². The van der Waals surface area contributed by atoms with Crippen molar-refractivity contribution in [3.05, 3.63) is 40.9 Å². The molecule has 2 heterocycles. The number of hydrogen-bond acceptors (Lipinski definition) is 3. The van der Waals surface area contributed by atoms with Gasteiger partial charge in [-0.3, -0.25) is 9.59 Å². The zero-order chi connectivity index (χ0) is 20.3. The number of nitrogens with one attached hydrogen (secondary N) is 2. The van der Waals surface area contributed by atoms with Gasteiger partial charge < -0.3 is 19.8 Å². The Balaban J connectivity index is 1.93. The molecule has 148 valence electrons. The third-order valence-corrected chi connectivity index (χ3v) is 5.54. The number of amides is 2. The van der Waals surface area contributed by atoms with E-state index in [1.54, 1.807) is 11.1 Å². The number of imidazole rings is 1. The largest absolute Gasteiger partial charge is 0.350 e. The Morgan fingerprint density at radius 2 is 2.21 bits per heavy atom. The van der Waals surface area contributed by atoms with Crippen LogP contribution in [0.5, 0.6) is 0 Å². The summed E-state index contributed by atoms with van der Waals surface area (Å²) in [6.45, 7) is 4.54. The van der Waals surface area contributed by atoms with Gasteiger partial charge in [-0.15, -0.1) is 0 Å². The van der Waals surface area contributed by atoms with E-state index in [1.165, 1.54) is 0 Å². The van der Waals surface area contributed by atoms with E-state index in [4.69, 9.17) is 0 Å². The standard InChI is InChI=1S/C20H24BrN5O2/c1-4-8-26(18(28)11-22-12-27)13(2)20-23-10-17(24-20)15-5-6-16(21)14-7-9-25(3)19(14)15/h5-7,9-10,12-13H,4,8,11H2,1-3H3,(H,22,27)(H,23,24). The van der Waals surface area contributed by atoms with Crippen molar-refractivity contribution < 1.29 is 9.59 Å². The molecule has 3 rings (SSSR count). The van der Waals surface area contributed by atoms with Crippen LogP contribution in [0.15, 0.2) is 35.1 Å². The highest BCUT2D eigenvalue weighted by atomic mass is 79.9. The Hall–Kier alpha value is -2.61. The topological polar surface area (TPSA) is 83.0 Å². The number of aromatic amines is 1. The minimum atomic E-state index is -0.228. The highest BCUT2D eigenvalue weighted by molar-refractivity contribution is 9.10. The third kappa shape index (κ3) is 3.82. The van der Waals surface area contributed by atoms with Crippen LogP contribution in [0.1, 0.15) is 32.1 Å². The highest BCUT2D eigenvalue weighted by Crippen LogP contribution is 2.33. The highest BCUT2D eigenvalue weighted by Gasteiger charge is 2.23. The van der Waals surface area contributed by atoms with Crippen molar-refractivity contribution in [1.29, 1.82) is 0 Å². The Morgan fingerprint density at radius 3 is 2.93 bits per heavy atom. The summed E-state index contributed by atoms with van der Waals surface area (Å²) >= 11 is 3.60. The lowest BCUT2D eigenvalue weighted by molar-refractivity contribution is -0.133. The molecule has 2 N–H and O–H groups in total. The summed E-state index contributed by atoms with van der Waals surface area (Å²) in [5.41, 5.74) is 3.05. The lowest BCUT2D eigenvalue weighted by atomic mass is 10.1. The van der Waals surface area contributed by atoms with Gasteiger partial charge in [0, 0.05) is 35.2 Å². The molecule has 28 heavy (non-hydrogen) atoms. The van der Waals surface area contributed by atoms with Crippen LogP contribution in [0.3, 0.4) is 0 Å². The van der Waals surface area contributed by atoms with Crippen LogP contribution in [0, 0.1) is 0 Å². The number of nitrogens with zero attached hydrogens (tertiary/aromatic N) is 3. The molecular weight excluding hydrogens is 422 g/mol. The molecule has 7 nitrogen and oxygen atoms in total. The predicted molar refractivity (Wildman–Crippen MR) is 113 cm³/mol. The van der Waals surface area contributed by atoms with Gasteiger partial charge in [0.05, 0.1) is 30.0 Å². The number of carbonyl (C=O) groups is 2. The summed E-state index contributed by atoms with van der Waals surface area (Å²) in [4.78, 5) is 32.6. The first-order chi connectivity index (χ1) is 13.5. The molecule has 8 heteroatoms. The number of aryl methyl sites for hydroxylation is 1. The van der Waals surface area contributed by atoms with Gasteiger partial charge in [0.1, 0.15) is 5.82 Å². The number of aromatic nitrogens is 3. The van der Waals surface area contributed by atoms with Crippen molar-refractivity contribution in [2.45, 2.75) is 26.3 Å². The second-order valence-electron chi connectivity index (χ2n) is 6.73. The van der Waals surface area contributed by atoms with Crippen LogP contribution in [-0.2, 0) is 16.6 Å². The van der Waals surface area contributed by atoms with Crippen LogP contribution in [-0.4, -0.2) is 44.8 Å². The quantitative estimate of drug-likeness (QED) is 0.521. The second-order valence-corrected chi connectivity index (χ2v) is 7.58. The van der Waals surface area contributed by atoms with E-state index in [2.05, 4.69) is 47.9 Å². The van der Waals surface area contributed by atoms with E-state index in [9.17, 15) is 9.59 Å². The Kier molecular flexibility index (Phi) is 6.18. The number of halogens is 1. The molecule has 0 aliphatic heterocycles. The molecule has 0 radical (unpaired) electrons. The van der Waals surface area contributed by atoms with Gasteiger partial charge in [-0.25, -0.2) is 4.98 Å². The fraction of sp³-hybridized carbons (Fsp3) is 0.350. The summed E-state index contributed by atoms with van der Waals surface area (Å²) in [7, 11) is 2.01. The summed E-state index contributed by atoms with van der Waals surface area (Å²) in [6.07, 6.45) is 5.19. The average Bonchev–Trinajstić information content (AvgIpc) is 3.32. The molecule has 2 aromatic heterocycles. The van der Waals surface area contributed by atoms with E-state index in [-0.39, 0.29) is 18.5 Å². The summed E-state index contributed by atoms with van der Waals surface area (Å²) in [5, 5.41) is 3.57. The number of benzene rings is 1. The molecule has 1 atom stereocenters. The Bertz CT molecular complexity index is 994. The van der Waals surface area contributed by atoms with E-state index in [0.717, 1.165) is 33.1 Å². The van der Waals surface area contributed by atoms with Crippen LogP contribution >= 0.6 is 15.9 Å². The lowest BCUT2D eigenvalue weighted by Gasteiger charge is -2.27. The van der Waals surface area contributed by atoms with Crippen molar-refractivity contribution in [3.8, 4) is 11.3 Å². The Labute approximate surface area is 172 Å². The lowest BCUT2D eigenvalue weighted by Crippen LogP contribution is -2.40. The molecule has 2 amide bonds. The predicted octanol–water partition coefficient (Wildman–Crippen LogP) is 3.38. The maximum absolute atomic E-state index is 12.5. The SMILES string of the molecule is CCCN(C(=O)CNC=O)C(C)c1ncc(-c2ccc(Br)c3ccn(C)c23)[nH]1. The summed E-state index contributed by atoms with van der Waals surface area (Å²) < 4.78 is 3.12. The van der Waals surface area contributed by atoms with Gasteiger partial charge in [-0.1, -0.05) is 22.9 Å². The first kappa shape index (κ1) is 20.1. The minimum Gasteiger partial charge on any atom is -0.350 e. The van der Waals surface area contributed by atoms with Crippen molar-refractivity contribution in [2.75, 3.05) is 13.1 Å². The maximum Gasteiger partial charge on any atom is 0.242 e. The fourth-order valence-corrected chi connectivity index (χ4v) is 3.89. The second kappa shape index (κ2) is 8.60. The molecule has 0 bridgehead atoms. The zero-order valence-electron chi connectivity index (χ0n) is 16.2. The number of carbonyl (C=O) groups excluding carboxylic acids is 2. The molecule has 1 unspecified atom stereocenters. The molecular formula is C20H24BrN5O2. The number of fused-ring (bicyclic) bond motifs is 1. The maximum atomic E-state index is 12.5. The third-order valence-electron chi connectivity index (χ3n) is 4.85. The minimum absolute atomic E-state index is 0.0158. The smallest absolute Gasteiger partial charge is 0.242 e. The molecule has 3 aromatic rings. The van der Waals surface area contributed by atoms with E-state index in [0.29, 0.717) is 18.8 Å². The van der Waals surface area contributed by atoms with Crippen molar-refractivity contribution in [2.24, 2.45) is 7.05 Å². The first-order valence-corrected chi connectivity index (χ1v) is 10.0. The van der Waals surface area contributed by atoms with E-state index < -0.39 is 0 Å². The van der Waals surface area contributed by atoms with Gasteiger partial charge in [0.15, 0.2) is 0 Å². The fourth-order valence-electron chi connectivity index (χ4n) is 3.44. The van der Waals surface area contributed by atoms with Crippen molar-refractivity contribution in [1.82, 2.24) is 24.8 Å². The van der Waals surface area contributed by atoms with E-state index >= 15 is 0 Å². The first-order valence-electron chi connectivity index (χ1n) is 9.23. The normalized spacial score (nSPS) is 12.1. The molecule has 0 aliphatic carbocycles. The number of H-pyrrole nitrogens is 1. The van der Waals surface area contributed by atoms with Crippen molar-refractivity contribution in [3.63, 3.8) is 0 Å². The van der Waals surface area contributed by atoms with Crippen molar-refractivity contribution >= 4 is 39.2 Å². The number of rotatable bonds is 8. The molecule has 0 saturated carbocycles. The molecule has 0 aliphatic rings. The zero-order valence-corrected chi connectivity index (χ0v) is 17.8. The van der Waals surface area contributed by atoms with Gasteiger partial charge in [0.2, 0.25) is 12.3 Å². The summed E-state index contributed by atoms with van der Waals surface area (Å²) in [6, 6.07) is 5.93. The Morgan fingerprint density at radius 1 is 1.43 bits per heavy atom. The molecule has 0 spiro atoms.